The third-order valence-corrected chi connectivity index (χ3v) is 5.93. The van der Waals surface area contributed by atoms with E-state index in [4.69, 9.17) is 11.5 Å². The van der Waals surface area contributed by atoms with Gasteiger partial charge in [-0.05, 0) is 58.3 Å². The minimum atomic E-state index is -0.490. The first-order valence-electron chi connectivity index (χ1n) is 12.2. The molecule has 0 saturated heterocycles. The third-order valence-electron chi connectivity index (χ3n) is 5.64. The smallest absolute Gasteiger partial charge is 0.236 e. The van der Waals surface area contributed by atoms with E-state index in [0.29, 0.717) is 38.6 Å². The monoisotopic (exact) mass is 485 g/mol. The van der Waals surface area contributed by atoms with Gasteiger partial charge in [-0.25, -0.2) is 0 Å². The third kappa shape index (κ3) is 16.6. The van der Waals surface area contributed by atoms with Gasteiger partial charge in [0.05, 0.1) is 37.2 Å². The summed E-state index contributed by atoms with van der Waals surface area (Å²) in [5.74, 6) is -0.376. The molecule has 0 radical (unpaired) electrons. The van der Waals surface area contributed by atoms with Crippen molar-refractivity contribution in [2.75, 3.05) is 12.3 Å². The first-order valence-corrected chi connectivity index (χ1v) is 12.9. The molecule has 0 aromatic heterocycles. The number of nitrogens with one attached hydrogen (secondary N) is 2. The number of unbranched alkanes of at least 4 members (excludes halogenated alkanes) is 6. The summed E-state index contributed by atoms with van der Waals surface area (Å²) < 4.78 is 0. The highest BCUT2D eigenvalue weighted by atomic mass is 32.1. The van der Waals surface area contributed by atoms with Gasteiger partial charge in [0.25, 0.3) is 0 Å². The fourth-order valence-electron chi connectivity index (χ4n) is 3.47. The highest BCUT2D eigenvalue weighted by Gasteiger charge is 2.17. The lowest BCUT2D eigenvalue weighted by molar-refractivity contribution is -0.125. The molecular weight excluding hydrogens is 440 g/mol. The molecule has 0 saturated carbocycles. The van der Waals surface area contributed by atoms with Crippen molar-refractivity contribution in [2.45, 2.75) is 109 Å². The minimum absolute atomic E-state index is 0.0369. The maximum absolute atomic E-state index is 12.2. The Balaban J connectivity index is 3.85. The molecule has 0 aromatic carbocycles. The van der Waals surface area contributed by atoms with E-state index in [9.17, 15) is 19.2 Å². The Morgan fingerprint density at radius 1 is 0.848 bits per heavy atom. The van der Waals surface area contributed by atoms with Crippen LogP contribution in [0.25, 0.3) is 0 Å². The van der Waals surface area contributed by atoms with Crippen molar-refractivity contribution in [3.63, 3.8) is 0 Å². The Bertz CT molecular complexity index is 589. The topological polar surface area (TPSA) is 144 Å². The number of amides is 2. The fourth-order valence-corrected chi connectivity index (χ4v) is 3.56. The molecule has 0 spiro atoms. The van der Waals surface area contributed by atoms with Gasteiger partial charge in [-0.3, -0.25) is 19.2 Å². The van der Waals surface area contributed by atoms with Crippen molar-refractivity contribution in [1.82, 2.24) is 10.6 Å². The highest BCUT2D eigenvalue weighted by Crippen LogP contribution is 2.10. The Hall–Kier alpha value is -1.58. The molecule has 8 nitrogen and oxygen atoms in total. The van der Waals surface area contributed by atoms with E-state index >= 15 is 0 Å². The molecule has 0 bridgehead atoms. The molecule has 0 aliphatic carbocycles. The van der Waals surface area contributed by atoms with Crippen molar-refractivity contribution in [2.24, 2.45) is 11.5 Å². The second kappa shape index (κ2) is 19.9. The fraction of sp³-hybridized carbons (Fsp3) is 0.792. The van der Waals surface area contributed by atoms with Crippen LogP contribution >= 0.6 is 12.6 Å². The molecule has 0 aliphatic rings. The van der Waals surface area contributed by atoms with Gasteiger partial charge in [-0.15, -0.1) is 0 Å². The lowest BCUT2D eigenvalue weighted by atomic mass is 9.99. The summed E-state index contributed by atoms with van der Waals surface area (Å²) in [5, 5.41) is 5.51. The zero-order chi connectivity index (χ0) is 25.1. The van der Waals surface area contributed by atoms with E-state index in [1.54, 1.807) is 0 Å². The Kier molecular flexibility index (Phi) is 18.9. The van der Waals surface area contributed by atoms with Crippen LogP contribution in [0.3, 0.4) is 0 Å². The van der Waals surface area contributed by atoms with Crippen LogP contribution in [0, 0.1) is 6.92 Å². The van der Waals surface area contributed by atoms with Crippen LogP contribution in [0.15, 0.2) is 0 Å². The van der Waals surface area contributed by atoms with Gasteiger partial charge in [-0.2, -0.15) is 12.6 Å². The quantitative estimate of drug-likeness (QED) is 0.0958. The number of nitrogens with two attached hydrogens (primary N) is 2. The van der Waals surface area contributed by atoms with E-state index < -0.39 is 18.1 Å². The van der Waals surface area contributed by atoms with Gasteiger partial charge in [-0.1, -0.05) is 19.3 Å². The second-order valence-corrected chi connectivity index (χ2v) is 8.97. The number of carbonyl (C=O) groups is 4. The largest absolute Gasteiger partial charge is 0.355 e. The predicted molar refractivity (Wildman–Crippen MR) is 136 cm³/mol. The van der Waals surface area contributed by atoms with Gasteiger partial charge in [0.1, 0.15) is 5.78 Å². The van der Waals surface area contributed by atoms with Crippen LogP contribution < -0.4 is 22.1 Å². The lowest BCUT2D eigenvalue weighted by Gasteiger charge is -2.15. The number of rotatable bonds is 21. The zero-order valence-electron chi connectivity index (χ0n) is 20.3. The summed E-state index contributed by atoms with van der Waals surface area (Å²) >= 11 is 3.90. The SMILES string of the molecule is [CH2+]CCCCCC(N)C(=O)NCCCCC(N)C(=O)CCCCCC(NC(=O)CS)C(C)=O. The van der Waals surface area contributed by atoms with E-state index in [-0.39, 0.29) is 29.1 Å². The predicted octanol–water partition coefficient (Wildman–Crippen LogP) is 2.24. The van der Waals surface area contributed by atoms with Crippen LogP contribution in [0.5, 0.6) is 0 Å². The highest BCUT2D eigenvalue weighted by molar-refractivity contribution is 7.81. The Morgan fingerprint density at radius 3 is 2.09 bits per heavy atom. The minimum Gasteiger partial charge on any atom is -0.355 e. The molecule has 0 rings (SSSR count). The summed E-state index contributed by atoms with van der Waals surface area (Å²) in [7, 11) is 0. The summed E-state index contributed by atoms with van der Waals surface area (Å²) in [4.78, 5) is 47.2. The molecule has 190 valence electrons. The van der Waals surface area contributed by atoms with Crippen molar-refractivity contribution in [3.8, 4) is 0 Å². The van der Waals surface area contributed by atoms with E-state index in [0.717, 1.165) is 51.4 Å². The normalized spacial score (nSPS) is 13.7. The maximum atomic E-state index is 12.2. The van der Waals surface area contributed by atoms with E-state index in [1.165, 1.54) is 6.92 Å². The molecule has 0 aromatic rings. The zero-order valence-corrected chi connectivity index (χ0v) is 21.2. The van der Waals surface area contributed by atoms with E-state index in [2.05, 4.69) is 30.2 Å². The molecule has 0 aliphatic heterocycles. The molecule has 0 fully saturated rings. The lowest BCUT2D eigenvalue weighted by Crippen LogP contribution is -2.41. The number of Topliss-reactive ketones (excluding diaryl/α,β-unsaturated/α-hetero) is 2. The number of thiol groups is 1. The number of hydrogen-bond acceptors (Lipinski definition) is 7. The average molecular weight is 486 g/mol. The molecule has 6 N–H and O–H groups in total. The Labute approximate surface area is 205 Å². The second-order valence-electron chi connectivity index (χ2n) is 8.66. The van der Waals surface area contributed by atoms with Crippen LogP contribution in [-0.2, 0) is 19.2 Å². The van der Waals surface area contributed by atoms with Gasteiger partial charge >= 0.3 is 0 Å². The summed E-state index contributed by atoms with van der Waals surface area (Å²) in [6, 6.07) is -1.45. The van der Waals surface area contributed by atoms with Crippen LogP contribution in [-0.4, -0.2) is 53.8 Å². The van der Waals surface area contributed by atoms with Crippen molar-refractivity contribution >= 4 is 36.0 Å². The summed E-state index contributed by atoms with van der Waals surface area (Å²) in [5.41, 5.74) is 11.9. The van der Waals surface area contributed by atoms with Gasteiger partial charge in [0, 0.05) is 13.0 Å². The van der Waals surface area contributed by atoms with Gasteiger partial charge in [0.2, 0.25) is 11.8 Å². The average Bonchev–Trinajstić information content (AvgIpc) is 2.79. The molecule has 33 heavy (non-hydrogen) atoms. The van der Waals surface area contributed by atoms with Gasteiger partial charge in [0.15, 0.2) is 5.78 Å². The number of ketones is 2. The van der Waals surface area contributed by atoms with Crippen LogP contribution in [0.2, 0.25) is 0 Å². The number of hydrogen-bond donors (Lipinski definition) is 5. The maximum Gasteiger partial charge on any atom is 0.236 e. The summed E-state index contributed by atoms with van der Waals surface area (Å²) in [6.45, 7) is 5.79. The molecular formula is C24H45N4O4S+. The standard InChI is InChI=1S/C24H44N4O4S/c1-3-4-5-7-13-20(26)24(32)27-16-11-10-12-19(25)22(30)15-9-6-8-14-21(18(2)29)28-23(31)17-33/h19-21H,1,3-17,25-26H2,2H3,(H2-,27,28,31,32,33)/p+1. The summed E-state index contributed by atoms with van der Waals surface area (Å²) in [6.07, 6.45) is 9.96. The van der Waals surface area contributed by atoms with E-state index in [1.807, 2.05) is 0 Å². The van der Waals surface area contributed by atoms with Crippen molar-refractivity contribution in [1.29, 1.82) is 0 Å². The van der Waals surface area contributed by atoms with Crippen molar-refractivity contribution < 1.29 is 19.2 Å². The molecule has 9 heteroatoms. The molecule has 0 heterocycles. The molecule has 2 amide bonds. The first-order chi connectivity index (χ1) is 15.7. The van der Waals surface area contributed by atoms with Crippen LogP contribution in [0.1, 0.15) is 90.4 Å². The Morgan fingerprint density at radius 2 is 1.45 bits per heavy atom. The molecule has 3 unspecified atom stereocenters. The first kappa shape index (κ1) is 31.4. The van der Waals surface area contributed by atoms with Gasteiger partial charge < -0.3 is 22.1 Å². The van der Waals surface area contributed by atoms with Crippen molar-refractivity contribution in [3.05, 3.63) is 6.92 Å². The van der Waals surface area contributed by atoms with Crippen LogP contribution in [0.4, 0.5) is 0 Å². The molecule has 3 atom stereocenters. The number of carbonyl (C=O) groups excluding carboxylic acids is 4.